The predicted molar refractivity (Wildman–Crippen MR) is 140 cm³/mol. The van der Waals surface area contributed by atoms with Gasteiger partial charge in [-0.1, -0.05) is 25.1 Å². The summed E-state index contributed by atoms with van der Waals surface area (Å²) in [6, 6.07) is 11.7. The molecule has 11 heteroatoms. The summed E-state index contributed by atoms with van der Waals surface area (Å²) in [5.74, 6) is 0.470. The molecule has 5 rings (SSSR count). The van der Waals surface area contributed by atoms with Crippen LogP contribution in [-0.4, -0.2) is 79.4 Å². The number of piperidine rings is 1. The van der Waals surface area contributed by atoms with Crippen molar-refractivity contribution in [2.45, 2.75) is 44.5 Å². The number of ether oxygens (including phenoxy) is 1. The Morgan fingerprint density at radius 3 is 2.39 bits per heavy atom. The average molecular weight is 531 g/mol. The van der Waals surface area contributed by atoms with Crippen LogP contribution in [0.3, 0.4) is 0 Å². The van der Waals surface area contributed by atoms with Gasteiger partial charge < -0.3 is 24.8 Å². The number of piperazine rings is 1. The number of anilines is 3. The highest BCUT2D eigenvalue weighted by Gasteiger charge is 2.47. The predicted octanol–water partition coefficient (Wildman–Crippen LogP) is 4.15. The molecule has 0 saturated carbocycles. The molecule has 4 heterocycles. The number of aliphatic imine (C=N–C) groups is 1. The SMILES string of the molecule is CC1CCCN(C2=NC(C(F)(F)F)CC(C(=O)Nc3ccc(N4CCN(c5ccccc5)CC4)nc3)O2)C1. The van der Waals surface area contributed by atoms with Gasteiger partial charge in [0, 0.05) is 51.4 Å². The smallest absolute Gasteiger partial charge is 0.411 e. The van der Waals surface area contributed by atoms with Gasteiger partial charge in [0.25, 0.3) is 11.9 Å². The molecule has 204 valence electrons. The highest BCUT2D eigenvalue weighted by Crippen LogP contribution is 2.32. The molecule has 1 aromatic carbocycles. The average Bonchev–Trinajstić information content (AvgIpc) is 2.93. The zero-order valence-corrected chi connectivity index (χ0v) is 21.4. The summed E-state index contributed by atoms with van der Waals surface area (Å²) in [5, 5.41) is 2.68. The lowest BCUT2D eigenvalue weighted by Crippen LogP contribution is -2.50. The molecule has 2 saturated heterocycles. The van der Waals surface area contributed by atoms with Crippen molar-refractivity contribution < 1.29 is 22.7 Å². The number of hydrogen-bond acceptors (Lipinski definition) is 7. The van der Waals surface area contributed by atoms with Gasteiger partial charge in [0.2, 0.25) is 0 Å². The van der Waals surface area contributed by atoms with Crippen LogP contribution in [0.25, 0.3) is 0 Å². The Morgan fingerprint density at radius 1 is 1.00 bits per heavy atom. The molecule has 3 aliphatic heterocycles. The number of carbonyl (C=O) groups excluding carboxylic acids is 1. The second-order valence-corrected chi connectivity index (χ2v) is 10.2. The second kappa shape index (κ2) is 11.1. The number of pyridine rings is 1. The van der Waals surface area contributed by atoms with Crippen LogP contribution in [0.1, 0.15) is 26.2 Å². The molecule has 1 aromatic heterocycles. The Kier molecular flexibility index (Phi) is 7.62. The number of hydrogen-bond donors (Lipinski definition) is 1. The third-order valence-electron chi connectivity index (χ3n) is 7.29. The monoisotopic (exact) mass is 530 g/mol. The molecule has 3 unspecified atom stereocenters. The van der Waals surface area contributed by atoms with E-state index in [9.17, 15) is 18.0 Å². The molecule has 3 atom stereocenters. The number of halogens is 3. The fourth-order valence-electron chi connectivity index (χ4n) is 5.18. The molecule has 8 nitrogen and oxygen atoms in total. The van der Waals surface area contributed by atoms with Gasteiger partial charge >= 0.3 is 6.18 Å². The first-order valence-electron chi connectivity index (χ1n) is 13.1. The van der Waals surface area contributed by atoms with Gasteiger partial charge in [0.1, 0.15) is 5.82 Å². The quantitative estimate of drug-likeness (QED) is 0.640. The number of nitrogens with one attached hydrogen (secondary N) is 1. The molecule has 0 bridgehead atoms. The molecule has 0 radical (unpaired) electrons. The zero-order chi connectivity index (χ0) is 26.7. The van der Waals surface area contributed by atoms with Gasteiger partial charge in [-0.15, -0.1) is 0 Å². The molecule has 0 spiro atoms. The molecule has 38 heavy (non-hydrogen) atoms. The van der Waals surface area contributed by atoms with Crippen LogP contribution < -0.4 is 15.1 Å². The third kappa shape index (κ3) is 6.14. The normalized spacial score (nSPS) is 24.5. The van der Waals surface area contributed by atoms with E-state index in [1.54, 1.807) is 11.0 Å². The number of amides is 1. The van der Waals surface area contributed by atoms with Crippen molar-refractivity contribution >= 4 is 29.1 Å². The molecule has 0 aliphatic carbocycles. The Labute approximate surface area is 220 Å². The maximum Gasteiger partial charge on any atom is 0.411 e. The fraction of sp³-hybridized carbons (Fsp3) is 0.519. The van der Waals surface area contributed by atoms with Crippen LogP contribution in [0, 0.1) is 5.92 Å². The van der Waals surface area contributed by atoms with E-state index in [0.29, 0.717) is 24.7 Å². The molecular formula is C27H33F3N6O2. The molecular weight excluding hydrogens is 497 g/mol. The number of carbonyl (C=O) groups is 1. The highest BCUT2D eigenvalue weighted by atomic mass is 19.4. The van der Waals surface area contributed by atoms with Crippen molar-refractivity contribution in [3.63, 3.8) is 0 Å². The standard InChI is InChI=1S/C27H33F3N6O2/c1-19-6-5-11-36(18-19)26-33-23(27(28,29)30)16-22(38-26)25(37)32-20-9-10-24(31-17-20)35-14-12-34(13-15-35)21-7-3-2-4-8-21/h2-4,7-10,17,19,22-23H,5-6,11-16,18H2,1H3,(H,32,37). The van der Waals surface area contributed by atoms with Crippen LogP contribution in [0.5, 0.6) is 0 Å². The first kappa shape index (κ1) is 26.1. The Morgan fingerprint density at radius 2 is 1.74 bits per heavy atom. The lowest BCUT2D eigenvalue weighted by Gasteiger charge is -2.37. The Balaban J connectivity index is 1.19. The molecule has 1 amide bonds. The van der Waals surface area contributed by atoms with Crippen molar-refractivity contribution in [2.75, 3.05) is 54.4 Å². The largest absolute Gasteiger partial charge is 0.452 e. The van der Waals surface area contributed by atoms with E-state index in [0.717, 1.165) is 44.8 Å². The van der Waals surface area contributed by atoms with Crippen LogP contribution in [0.4, 0.5) is 30.4 Å². The van der Waals surface area contributed by atoms with Crippen molar-refractivity contribution in [3.8, 4) is 0 Å². The summed E-state index contributed by atoms with van der Waals surface area (Å²) in [4.78, 5) is 27.5. The lowest BCUT2D eigenvalue weighted by atomic mass is 10.0. The number of rotatable bonds is 4. The van der Waals surface area contributed by atoms with E-state index >= 15 is 0 Å². The van der Waals surface area contributed by atoms with E-state index in [2.05, 4.69) is 37.2 Å². The molecule has 2 fully saturated rings. The summed E-state index contributed by atoms with van der Waals surface area (Å²) < 4.78 is 46.6. The number of alkyl halides is 3. The Bertz CT molecular complexity index is 1120. The van der Waals surface area contributed by atoms with Gasteiger partial charge in [0.15, 0.2) is 12.1 Å². The van der Waals surface area contributed by atoms with Crippen LogP contribution in [0.2, 0.25) is 0 Å². The van der Waals surface area contributed by atoms with E-state index in [-0.39, 0.29) is 6.02 Å². The number of aromatic nitrogens is 1. The Hall–Kier alpha value is -3.50. The maximum atomic E-state index is 13.6. The topological polar surface area (TPSA) is 73.3 Å². The third-order valence-corrected chi connectivity index (χ3v) is 7.29. The second-order valence-electron chi connectivity index (χ2n) is 10.2. The van der Waals surface area contributed by atoms with Crippen molar-refractivity contribution in [3.05, 3.63) is 48.7 Å². The summed E-state index contributed by atoms with van der Waals surface area (Å²) in [6.07, 6.45) is -3.03. The van der Waals surface area contributed by atoms with Crippen LogP contribution in [-0.2, 0) is 9.53 Å². The van der Waals surface area contributed by atoms with Gasteiger partial charge in [-0.25, -0.2) is 9.98 Å². The summed E-state index contributed by atoms with van der Waals surface area (Å²) in [6.45, 7) is 6.50. The van der Waals surface area contributed by atoms with E-state index in [1.165, 1.54) is 11.9 Å². The van der Waals surface area contributed by atoms with Gasteiger partial charge in [-0.2, -0.15) is 13.2 Å². The van der Waals surface area contributed by atoms with Gasteiger partial charge in [-0.3, -0.25) is 4.79 Å². The van der Waals surface area contributed by atoms with Crippen molar-refractivity contribution in [1.29, 1.82) is 0 Å². The van der Waals surface area contributed by atoms with E-state index < -0.39 is 30.7 Å². The number of benzene rings is 1. The van der Waals surface area contributed by atoms with Crippen molar-refractivity contribution in [1.82, 2.24) is 9.88 Å². The number of nitrogens with zero attached hydrogens (tertiary/aromatic N) is 5. The van der Waals surface area contributed by atoms with Gasteiger partial charge in [0.05, 0.1) is 11.9 Å². The van der Waals surface area contributed by atoms with Gasteiger partial charge in [-0.05, 0) is 43.0 Å². The minimum Gasteiger partial charge on any atom is -0.452 e. The lowest BCUT2D eigenvalue weighted by molar-refractivity contribution is -0.159. The first-order valence-corrected chi connectivity index (χ1v) is 13.1. The summed E-state index contributed by atoms with van der Waals surface area (Å²) in [7, 11) is 0. The van der Waals surface area contributed by atoms with E-state index in [4.69, 9.17) is 4.74 Å². The number of amidine groups is 1. The fourth-order valence-corrected chi connectivity index (χ4v) is 5.18. The van der Waals surface area contributed by atoms with Crippen molar-refractivity contribution in [2.24, 2.45) is 10.9 Å². The number of likely N-dealkylation sites (tertiary alicyclic amines) is 1. The summed E-state index contributed by atoms with van der Waals surface area (Å²) in [5.41, 5.74) is 1.60. The number of para-hydroxylation sites is 1. The molecule has 1 N–H and O–H groups in total. The first-order chi connectivity index (χ1) is 18.3. The summed E-state index contributed by atoms with van der Waals surface area (Å²) >= 11 is 0. The molecule has 3 aliphatic rings. The molecule has 2 aromatic rings. The zero-order valence-electron chi connectivity index (χ0n) is 21.4. The maximum absolute atomic E-state index is 13.6. The van der Waals surface area contributed by atoms with Crippen LogP contribution in [0.15, 0.2) is 53.7 Å². The van der Waals surface area contributed by atoms with E-state index in [1.807, 2.05) is 31.2 Å². The minimum absolute atomic E-state index is 0.0895. The minimum atomic E-state index is -4.55. The van der Waals surface area contributed by atoms with Crippen LogP contribution >= 0.6 is 0 Å². The highest BCUT2D eigenvalue weighted by molar-refractivity contribution is 5.96.